The largest absolute Gasteiger partial charge is 0.329 e. The van der Waals surface area contributed by atoms with Gasteiger partial charge in [-0.15, -0.1) is 0 Å². The van der Waals surface area contributed by atoms with Crippen molar-refractivity contribution in [3.05, 3.63) is 64.7 Å². The summed E-state index contributed by atoms with van der Waals surface area (Å²) in [5, 5.41) is 0.805. The average Bonchev–Trinajstić information content (AvgIpc) is 3.34. The van der Waals surface area contributed by atoms with Gasteiger partial charge in [-0.25, -0.2) is 0 Å². The van der Waals surface area contributed by atoms with Gasteiger partial charge in [0.2, 0.25) is 5.96 Å². The minimum atomic E-state index is 0.226. The Morgan fingerprint density at radius 1 is 1.04 bits per heavy atom. The van der Waals surface area contributed by atoms with Crippen LogP contribution in [0, 0.1) is 5.92 Å². The Kier molecular flexibility index (Phi) is 4.12. The minimum Gasteiger partial charge on any atom is -0.329 e. The van der Waals surface area contributed by atoms with Gasteiger partial charge < -0.3 is 9.80 Å². The molecule has 2 aliphatic heterocycles. The Bertz CT molecular complexity index is 827. The summed E-state index contributed by atoms with van der Waals surface area (Å²) in [6, 6.07) is 17.4. The number of halogens is 1. The molecule has 3 aliphatic rings. The van der Waals surface area contributed by atoms with Gasteiger partial charge in [0.05, 0.1) is 18.3 Å². The molecule has 0 saturated heterocycles. The topological polar surface area (TPSA) is 18.8 Å². The van der Waals surface area contributed by atoms with Crippen molar-refractivity contribution in [3.63, 3.8) is 0 Å². The maximum absolute atomic E-state index is 6.42. The third-order valence-corrected chi connectivity index (χ3v) is 6.25. The monoisotopic (exact) mass is 365 g/mol. The van der Waals surface area contributed by atoms with Crippen LogP contribution in [0.2, 0.25) is 5.02 Å². The molecule has 1 saturated carbocycles. The molecule has 0 radical (unpaired) electrons. The fourth-order valence-corrected chi connectivity index (χ4v) is 4.98. The molecule has 0 amide bonds. The quantitative estimate of drug-likeness (QED) is 0.752. The third kappa shape index (κ3) is 2.69. The number of fused-ring (bicyclic) bond motifs is 2. The third-order valence-electron chi connectivity index (χ3n) is 6.01. The van der Waals surface area contributed by atoms with Crippen molar-refractivity contribution in [1.82, 2.24) is 4.90 Å². The lowest BCUT2D eigenvalue weighted by Gasteiger charge is -2.44. The summed E-state index contributed by atoms with van der Waals surface area (Å²) in [7, 11) is 0. The van der Waals surface area contributed by atoms with E-state index < -0.39 is 0 Å². The molecule has 2 aromatic rings. The molecule has 4 heteroatoms. The Labute approximate surface area is 160 Å². The van der Waals surface area contributed by atoms with Crippen molar-refractivity contribution in [2.75, 3.05) is 24.5 Å². The van der Waals surface area contributed by atoms with E-state index in [1.54, 1.807) is 0 Å². The molecule has 134 valence electrons. The Balaban J connectivity index is 1.62. The first-order valence-corrected chi connectivity index (χ1v) is 10.1. The number of guanidine groups is 1. The molecular formula is C22H24ClN3. The molecule has 3 nitrogen and oxygen atoms in total. The summed E-state index contributed by atoms with van der Waals surface area (Å²) in [4.78, 5) is 9.85. The van der Waals surface area contributed by atoms with Crippen LogP contribution in [0.5, 0.6) is 0 Å². The van der Waals surface area contributed by atoms with E-state index in [9.17, 15) is 0 Å². The fraction of sp³-hybridized carbons (Fsp3) is 0.409. The van der Waals surface area contributed by atoms with Crippen molar-refractivity contribution < 1.29 is 0 Å². The van der Waals surface area contributed by atoms with Crippen molar-refractivity contribution in [2.24, 2.45) is 10.9 Å². The first-order chi connectivity index (χ1) is 12.8. The zero-order chi connectivity index (χ0) is 17.5. The molecule has 0 N–H and O–H groups in total. The van der Waals surface area contributed by atoms with Crippen LogP contribution >= 0.6 is 11.6 Å². The van der Waals surface area contributed by atoms with Crippen LogP contribution in [0.15, 0.2) is 53.5 Å². The Hall–Kier alpha value is -2.00. The van der Waals surface area contributed by atoms with E-state index in [2.05, 4.69) is 52.3 Å². The smallest absolute Gasteiger partial charge is 0.202 e. The molecule has 1 atom stereocenters. The van der Waals surface area contributed by atoms with Crippen molar-refractivity contribution in [1.29, 1.82) is 0 Å². The summed E-state index contributed by atoms with van der Waals surface area (Å²) >= 11 is 6.42. The lowest BCUT2D eigenvalue weighted by atomic mass is 9.92. The predicted octanol–water partition coefficient (Wildman–Crippen LogP) is 5.11. The van der Waals surface area contributed by atoms with Gasteiger partial charge in [0, 0.05) is 23.7 Å². The Morgan fingerprint density at radius 2 is 1.85 bits per heavy atom. The van der Waals surface area contributed by atoms with Gasteiger partial charge in [0.15, 0.2) is 0 Å². The molecule has 1 fully saturated rings. The minimum absolute atomic E-state index is 0.226. The van der Waals surface area contributed by atoms with Crippen molar-refractivity contribution >= 4 is 23.2 Å². The number of hydrogen-bond acceptors (Lipinski definition) is 3. The van der Waals surface area contributed by atoms with E-state index in [-0.39, 0.29) is 6.04 Å². The standard InChI is InChI=1S/C22H24ClN3/c23-18-10-11-19-20(14-18)26(15-16-6-4-5-7-16)22-24-12-13-25(22)21(19)17-8-2-1-3-9-17/h1-3,8-11,14,16,21H,4-7,12-13,15H2. The molecule has 26 heavy (non-hydrogen) atoms. The maximum atomic E-state index is 6.42. The van der Waals surface area contributed by atoms with Crippen molar-refractivity contribution in [2.45, 2.75) is 31.7 Å². The second-order valence-electron chi connectivity index (χ2n) is 7.65. The van der Waals surface area contributed by atoms with Crippen LogP contribution in [0.4, 0.5) is 5.69 Å². The molecule has 1 unspecified atom stereocenters. The predicted molar refractivity (Wildman–Crippen MR) is 108 cm³/mol. The van der Waals surface area contributed by atoms with E-state index in [1.165, 1.54) is 42.5 Å². The summed E-state index contributed by atoms with van der Waals surface area (Å²) < 4.78 is 0. The van der Waals surface area contributed by atoms with Gasteiger partial charge in [0.1, 0.15) is 0 Å². The first kappa shape index (κ1) is 16.2. The molecule has 5 rings (SSSR count). The van der Waals surface area contributed by atoms with Crippen LogP contribution in [-0.2, 0) is 0 Å². The van der Waals surface area contributed by atoms with Gasteiger partial charge in [-0.3, -0.25) is 4.99 Å². The van der Waals surface area contributed by atoms with Gasteiger partial charge in [-0.05, 0) is 36.5 Å². The molecule has 1 aliphatic carbocycles. The van der Waals surface area contributed by atoms with Gasteiger partial charge in [0.25, 0.3) is 0 Å². The zero-order valence-corrected chi connectivity index (χ0v) is 15.7. The van der Waals surface area contributed by atoms with Gasteiger partial charge in [-0.2, -0.15) is 0 Å². The van der Waals surface area contributed by atoms with Crippen LogP contribution in [0.3, 0.4) is 0 Å². The zero-order valence-electron chi connectivity index (χ0n) is 14.9. The second kappa shape index (κ2) is 6.62. The van der Waals surface area contributed by atoms with E-state index in [0.717, 1.165) is 36.5 Å². The SMILES string of the molecule is Clc1ccc2c(c1)N(CC1CCCC1)C1=NCCN1C2c1ccccc1. The number of rotatable bonds is 3. The highest BCUT2D eigenvalue weighted by Crippen LogP contribution is 2.43. The fourth-order valence-electron chi connectivity index (χ4n) is 4.82. The Morgan fingerprint density at radius 3 is 2.65 bits per heavy atom. The number of anilines is 1. The maximum Gasteiger partial charge on any atom is 0.202 e. The highest BCUT2D eigenvalue weighted by Gasteiger charge is 2.39. The normalized spacial score (nSPS) is 22.3. The highest BCUT2D eigenvalue weighted by atomic mass is 35.5. The number of benzene rings is 2. The molecule has 0 aromatic heterocycles. The summed E-state index contributed by atoms with van der Waals surface area (Å²) in [6.07, 6.45) is 5.40. The molecule has 2 heterocycles. The van der Waals surface area contributed by atoms with Crippen LogP contribution < -0.4 is 4.90 Å². The van der Waals surface area contributed by atoms with E-state index in [4.69, 9.17) is 16.6 Å². The molecule has 2 aromatic carbocycles. The van der Waals surface area contributed by atoms with Crippen molar-refractivity contribution in [3.8, 4) is 0 Å². The lowest BCUT2D eigenvalue weighted by molar-refractivity contribution is 0.369. The summed E-state index contributed by atoms with van der Waals surface area (Å²) in [5.41, 5.74) is 3.92. The van der Waals surface area contributed by atoms with E-state index in [1.807, 2.05) is 6.07 Å². The van der Waals surface area contributed by atoms with E-state index in [0.29, 0.717) is 0 Å². The highest BCUT2D eigenvalue weighted by molar-refractivity contribution is 6.31. The molecule has 0 spiro atoms. The number of aliphatic imine (C=N–C) groups is 1. The van der Waals surface area contributed by atoms with Gasteiger partial charge >= 0.3 is 0 Å². The summed E-state index contributed by atoms with van der Waals surface area (Å²) in [6.45, 7) is 2.92. The van der Waals surface area contributed by atoms with Crippen LogP contribution in [0.1, 0.15) is 42.9 Å². The number of nitrogens with zero attached hydrogens (tertiary/aromatic N) is 3. The average molecular weight is 366 g/mol. The molecule has 0 bridgehead atoms. The first-order valence-electron chi connectivity index (χ1n) is 9.74. The van der Waals surface area contributed by atoms with E-state index >= 15 is 0 Å². The molecular weight excluding hydrogens is 342 g/mol. The lowest BCUT2D eigenvalue weighted by Crippen LogP contribution is -2.50. The van der Waals surface area contributed by atoms with Gasteiger partial charge in [-0.1, -0.05) is 60.8 Å². The van der Waals surface area contributed by atoms with Crippen LogP contribution in [-0.4, -0.2) is 30.5 Å². The number of hydrogen-bond donors (Lipinski definition) is 0. The van der Waals surface area contributed by atoms with Crippen LogP contribution in [0.25, 0.3) is 0 Å². The summed E-state index contributed by atoms with van der Waals surface area (Å²) in [5.74, 6) is 1.90. The second-order valence-corrected chi connectivity index (χ2v) is 8.09.